The molecule has 4 amide bonds. The van der Waals surface area contributed by atoms with Crippen LogP contribution in [0.4, 0.5) is 15.0 Å². The number of thiazole rings is 1. The molecule has 486 valence electrons. The summed E-state index contributed by atoms with van der Waals surface area (Å²) in [4.78, 5) is 76.2. The second-order valence-corrected chi connectivity index (χ2v) is 26.7. The topological polar surface area (TPSA) is 240 Å². The Hall–Kier alpha value is -6.83. The van der Waals surface area contributed by atoms with Crippen molar-refractivity contribution in [3.05, 3.63) is 94.3 Å². The number of carbonyl (C=O) groups is 4. The van der Waals surface area contributed by atoms with Crippen molar-refractivity contribution in [1.29, 1.82) is 0 Å². The van der Waals surface area contributed by atoms with E-state index >= 15 is 4.39 Å². The number of phenolic OH excluding ortho intramolecular Hbond substituents is 1. The van der Waals surface area contributed by atoms with E-state index in [2.05, 4.69) is 25.5 Å². The predicted octanol–water partition coefficient (Wildman–Crippen LogP) is 9.11. The Kier molecular flexibility index (Phi) is 22.6. The molecule has 2 aromatic heterocycles. The van der Waals surface area contributed by atoms with Crippen LogP contribution < -0.4 is 20.3 Å². The fourth-order valence-corrected chi connectivity index (χ4v) is 12.7. The number of likely N-dealkylation sites (tertiary alicyclic amines) is 2. The summed E-state index contributed by atoms with van der Waals surface area (Å²) in [5.41, 5.74) is 3.84. The molecule has 9 rings (SSSR count). The van der Waals surface area contributed by atoms with Gasteiger partial charge in [-0.1, -0.05) is 80.9 Å². The van der Waals surface area contributed by atoms with Crippen LogP contribution in [0.25, 0.3) is 43.2 Å². The van der Waals surface area contributed by atoms with E-state index < -0.39 is 52.9 Å². The summed E-state index contributed by atoms with van der Waals surface area (Å²) in [6, 6.07) is 17.8. The number of benzene rings is 4. The predicted molar refractivity (Wildman–Crippen MR) is 343 cm³/mol. The number of anilines is 1. The molecule has 5 heterocycles. The van der Waals surface area contributed by atoms with E-state index in [4.69, 9.17) is 45.0 Å². The maximum absolute atomic E-state index is 17.2. The van der Waals surface area contributed by atoms with Gasteiger partial charge in [-0.15, -0.1) is 11.3 Å². The maximum atomic E-state index is 17.2. The third-order valence-electron chi connectivity index (χ3n) is 16.2. The number of aliphatic hydroxyl groups excluding tert-OH is 1. The van der Waals surface area contributed by atoms with Crippen molar-refractivity contribution in [3.8, 4) is 33.3 Å². The summed E-state index contributed by atoms with van der Waals surface area (Å²) in [6.07, 6.45) is 0.0492. The molecule has 0 saturated carbocycles. The number of halogens is 2. The van der Waals surface area contributed by atoms with Crippen molar-refractivity contribution in [2.75, 3.05) is 104 Å². The zero-order chi connectivity index (χ0) is 64.4. The van der Waals surface area contributed by atoms with Gasteiger partial charge < -0.3 is 64.0 Å². The minimum absolute atomic E-state index is 0.00186. The molecule has 0 spiro atoms. The van der Waals surface area contributed by atoms with Crippen LogP contribution in [0.3, 0.4) is 0 Å². The second-order valence-electron chi connectivity index (χ2n) is 25.4. The van der Waals surface area contributed by atoms with E-state index in [1.54, 1.807) is 28.4 Å². The molecule has 5 atom stereocenters. The number of aromatic hydroxyl groups is 1. The second kappa shape index (κ2) is 30.1. The van der Waals surface area contributed by atoms with Crippen LogP contribution in [0.5, 0.6) is 11.8 Å². The summed E-state index contributed by atoms with van der Waals surface area (Å²) in [7, 11) is 0. The van der Waals surface area contributed by atoms with Crippen LogP contribution in [-0.2, 0) is 38.1 Å². The molecule has 3 saturated heterocycles. The van der Waals surface area contributed by atoms with Crippen LogP contribution in [0, 0.1) is 18.2 Å². The third-order valence-corrected chi connectivity index (χ3v) is 17.4. The van der Waals surface area contributed by atoms with E-state index in [-0.39, 0.29) is 84.8 Å². The molecular weight excluding hydrogens is 1200 g/mol. The van der Waals surface area contributed by atoms with Gasteiger partial charge in [0, 0.05) is 69.7 Å². The van der Waals surface area contributed by atoms with E-state index in [9.17, 15) is 29.4 Å². The standard InChI is InChI=1S/C66H85ClFN9O12S/c1-40(88-63-72-57-51(60(73-63)75-22-24-76(25-23-75)64(83)89-66(7,8)9)35-52(67)55(56(57)68)50-33-46(78)32-45-12-10-11-13-49(45)50)36-74-20-18-48(19-21-74)87-31-30-85-27-26-84-28-29-86-38-54(80)71-59(65(4,5)6)62(82)77-37-47(79)34-53(77)61(81)70-41(2)43-14-16-44(17-15-43)58-42(3)69-39-90-58/h10-17,32-33,35,39-41,47-48,53,59,78-79H,18-31,34,36-38H2,1-9H3,(H,70,81)(H,71,80)/t40-,41+,47-,53+,59-/m1/s1. The number of aliphatic hydroxyl groups is 1. The highest BCUT2D eigenvalue weighted by Gasteiger charge is 2.45. The normalized spacial score (nSPS) is 18.0. The van der Waals surface area contributed by atoms with Gasteiger partial charge in [-0.25, -0.2) is 14.2 Å². The van der Waals surface area contributed by atoms with Gasteiger partial charge in [0.2, 0.25) is 17.7 Å². The number of nitrogens with zero attached hydrogens (tertiary/aromatic N) is 7. The number of piperidine rings is 1. The van der Waals surface area contributed by atoms with Gasteiger partial charge in [-0.3, -0.25) is 19.3 Å². The van der Waals surface area contributed by atoms with Gasteiger partial charge in [0.15, 0.2) is 5.82 Å². The first-order valence-electron chi connectivity index (χ1n) is 30.9. The number of phenols is 1. The molecule has 21 nitrogen and oxygen atoms in total. The van der Waals surface area contributed by atoms with Gasteiger partial charge >= 0.3 is 12.1 Å². The minimum atomic E-state index is -0.994. The highest BCUT2D eigenvalue weighted by atomic mass is 35.5. The molecular formula is C66H85ClFN9O12S. The number of β-amino-alcohol motifs (C(OH)–C–C–N with tert-alkyl or cyclic N) is 1. The van der Waals surface area contributed by atoms with Crippen LogP contribution in [0.1, 0.15) is 92.0 Å². The summed E-state index contributed by atoms with van der Waals surface area (Å²) in [6.45, 7) is 21.7. The number of aromatic nitrogens is 3. The maximum Gasteiger partial charge on any atom is 0.410 e. The molecule has 3 aliphatic rings. The Bertz CT molecular complexity index is 3460. The Morgan fingerprint density at radius 3 is 2.18 bits per heavy atom. The number of ether oxygens (including phenoxy) is 6. The van der Waals surface area contributed by atoms with Crippen LogP contribution in [-0.4, -0.2) is 198 Å². The Morgan fingerprint density at radius 2 is 1.51 bits per heavy atom. The molecule has 90 heavy (non-hydrogen) atoms. The molecule has 3 aliphatic heterocycles. The lowest BCUT2D eigenvalue weighted by molar-refractivity contribution is -0.144. The summed E-state index contributed by atoms with van der Waals surface area (Å²) < 4.78 is 52.5. The number of piperazine rings is 1. The minimum Gasteiger partial charge on any atom is -0.508 e. The van der Waals surface area contributed by atoms with Gasteiger partial charge in [0.25, 0.3) is 0 Å². The van der Waals surface area contributed by atoms with E-state index in [0.29, 0.717) is 81.3 Å². The third kappa shape index (κ3) is 17.4. The van der Waals surface area contributed by atoms with Crippen LogP contribution in [0.15, 0.2) is 72.2 Å². The number of fused-ring (bicyclic) bond motifs is 2. The van der Waals surface area contributed by atoms with Crippen LogP contribution >= 0.6 is 22.9 Å². The quantitative estimate of drug-likeness (QED) is 0.0413. The first-order valence-corrected chi connectivity index (χ1v) is 32.1. The molecule has 0 bridgehead atoms. The van der Waals surface area contributed by atoms with Crippen molar-refractivity contribution in [2.24, 2.45) is 5.41 Å². The zero-order valence-corrected chi connectivity index (χ0v) is 54.5. The Morgan fingerprint density at radius 1 is 0.833 bits per heavy atom. The number of hydrogen-bond donors (Lipinski definition) is 4. The smallest absolute Gasteiger partial charge is 0.410 e. The Labute approximate surface area is 534 Å². The van der Waals surface area contributed by atoms with Gasteiger partial charge in [0.1, 0.15) is 47.5 Å². The number of rotatable bonds is 24. The Balaban J connectivity index is 0.677. The highest BCUT2D eigenvalue weighted by Crippen LogP contribution is 2.43. The summed E-state index contributed by atoms with van der Waals surface area (Å²) in [5, 5.41) is 29.2. The molecule has 4 aromatic carbocycles. The number of amides is 4. The molecule has 24 heteroatoms. The molecule has 4 N–H and O–H groups in total. The average molecular weight is 1280 g/mol. The van der Waals surface area contributed by atoms with Crippen molar-refractivity contribution in [3.63, 3.8) is 0 Å². The lowest BCUT2D eigenvalue weighted by Gasteiger charge is -2.36. The van der Waals surface area contributed by atoms with Crippen molar-refractivity contribution >= 4 is 74.2 Å². The van der Waals surface area contributed by atoms with Gasteiger partial charge in [0.05, 0.1) is 79.0 Å². The number of aryl methyl sites for hydroxylation is 1. The molecule has 3 fully saturated rings. The van der Waals surface area contributed by atoms with Crippen molar-refractivity contribution in [1.82, 2.24) is 40.3 Å². The molecule has 0 radical (unpaired) electrons. The van der Waals surface area contributed by atoms with E-state index in [1.165, 1.54) is 11.0 Å². The lowest BCUT2D eigenvalue weighted by atomic mass is 9.85. The van der Waals surface area contributed by atoms with Crippen molar-refractivity contribution in [2.45, 2.75) is 124 Å². The zero-order valence-electron chi connectivity index (χ0n) is 52.9. The lowest BCUT2D eigenvalue weighted by Crippen LogP contribution is -2.58. The van der Waals surface area contributed by atoms with E-state index in [0.717, 1.165) is 53.0 Å². The van der Waals surface area contributed by atoms with Gasteiger partial charge in [-0.05, 0) is 105 Å². The SMILES string of the molecule is Cc1ncsc1-c1ccc([C@H](C)NC(=O)[C@@H]2C[C@@H](O)CN2C(=O)[C@@H](NC(=O)COCCOCCOCCOC2CCN(C[C@@H](C)Oc3nc(N4CCN(C(=O)OC(C)(C)C)CC4)c4cc(Cl)c(-c5cc(O)cc6ccccc56)c(F)c4n3)CC2)C(C)(C)C)cc1. The van der Waals surface area contributed by atoms with Gasteiger partial charge in [-0.2, -0.15) is 9.97 Å². The fraction of sp³-hybridized carbons (Fsp3) is 0.530. The first kappa shape index (κ1) is 67.6. The molecule has 0 aliphatic carbocycles. The summed E-state index contributed by atoms with van der Waals surface area (Å²) >= 11 is 8.54. The number of hydrogen-bond acceptors (Lipinski definition) is 18. The summed E-state index contributed by atoms with van der Waals surface area (Å²) in [5.74, 6) is -1.63. The fourth-order valence-electron chi connectivity index (χ4n) is 11.6. The molecule has 6 aromatic rings. The van der Waals surface area contributed by atoms with Crippen LogP contribution in [0.2, 0.25) is 5.02 Å². The number of carbonyl (C=O) groups excluding carboxylic acids is 4. The first-order chi connectivity index (χ1) is 42.9. The number of nitrogens with one attached hydrogen (secondary N) is 2. The monoisotopic (exact) mass is 1280 g/mol. The largest absolute Gasteiger partial charge is 0.508 e. The average Bonchev–Trinajstić information content (AvgIpc) is 0.916. The highest BCUT2D eigenvalue weighted by molar-refractivity contribution is 7.13. The van der Waals surface area contributed by atoms with Crippen molar-refractivity contribution < 1.29 is 62.2 Å². The molecule has 0 unspecified atom stereocenters. The van der Waals surface area contributed by atoms with E-state index in [1.807, 2.05) is 121 Å².